The van der Waals surface area contributed by atoms with E-state index in [2.05, 4.69) is 4.72 Å². The van der Waals surface area contributed by atoms with Crippen LogP contribution >= 0.6 is 0 Å². The Kier molecular flexibility index (Phi) is 5.72. The van der Waals surface area contributed by atoms with E-state index in [0.29, 0.717) is 19.6 Å². The summed E-state index contributed by atoms with van der Waals surface area (Å²) in [5.74, 6) is 0.00603. The molecule has 0 radical (unpaired) electrons. The van der Waals surface area contributed by atoms with Crippen LogP contribution in [0.1, 0.15) is 25.3 Å². The van der Waals surface area contributed by atoms with Gasteiger partial charge < -0.3 is 4.74 Å². The van der Waals surface area contributed by atoms with Crippen LogP contribution in [-0.2, 0) is 21.2 Å². The Hall–Kier alpha value is -0.980. The van der Waals surface area contributed by atoms with Crippen molar-refractivity contribution in [3.05, 3.63) is 35.6 Å². The number of hydrogen-bond donors (Lipinski definition) is 1. The Morgan fingerprint density at radius 1 is 1.38 bits per heavy atom. The SMILES string of the molecule is CC(Cc1cccc(F)c1)NS(=O)(=O)CC1CCOCC1. The number of sulfonamides is 1. The highest BCUT2D eigenvalue weighted by Gasteiger charge is 2.23. The van der Waals surface area contributed by atoms with E-state index in [0.717, 1.165) is 18.4 Å². The van der Waals surface area contributed by atoms with E-state index < -0.39 is 10.0 Å². The van der Waals surface area contributed by atoms with Crippen molar-refractivity contribution < 1.29 is 17.5 Å². The smallest absolute Gasteiger partial charge is 0.212 e. The van der Waals surface area contributed by atoms with Gasteiger partial charge in [0.05, 0.1) is 5.75 Å². The molecule has 1 saturated heterocycles. The molecular weight excluding hydrogens is 293 g/mol. The third-order valence-electron chi connectivity index (χ3n) is 3.61. The van der Waals surface area contributed by atoms with Gasteiger partial charge in [0.1, 0.15) is 5.82 Å². The normalized spacial score (nSPS) is 18.6. The molecule has 1 aliphatic rings. The summed E-state index contributed by atoms with van der Waals surface area (Å²) in [6.07, 6.45) is 2.06. The van der Waals surface area contributed by atoms with E-state index in [-0.39, 0.29) is 23.5 Å². The van der Waals surface area contributed by atoms with Gasteiger partial charge in [0.15, 0.2) is 0 Å². The Balaban J connectivity index is 1.86. The van der Waals surface area contributed by atoms with Crippen molar-refractivity contribution in [3.8, 4) is 0 Å². The highest BCUT2D eigenvalue weighted by molar-refractivity contribution is 7.89. The molecule has 0 aromatic heterocycles. The van der Waals surface area contributed by atoms with Crippen LogP contribution in [0.5, 0.6) is 0 Å². The molecule has 0 saturated carbocycles. The zero-order chi connectivity index (χ0) is 15.3. The fraction of sp³-hybridized carbons (Fsp3) is 0.600. The Morgan fingerprint density at radius 2 is 2.10 bits per heavy atom. The molecule has 1 unspecified atom stereocenters. The average Bonchev–Trinajstić information content (AvgIpc) is 2.38. The maximum Gasteiger partial charge on any atom is 0.212 e. The van der Waals surface area contributed by atoms with Gasteiger partial charge >= 0.3 is 0 Å². The minimum Gasteiger partial charge on any atom is -0.381 e. The number of benzene rings is 1. The topological polar surface area (TPSA) is 55.4 Å². The van der Waals surface area contributed by atoms with Gasteiger partial charge in [0.25, 0.3) is 0 Å². The van der Waals surface area contributed by atoms with Crippen molar-refractivity contribution >= 4 is 10.0 Å². The second-order valence-electron chi connectivity index (χ2n) is 5.69. The monoisotopic (exact) mass is 315 g/mol. The molecule has 1 fully saturated rings. The van der Waals surface area contributed by atoms with Gasteiger partial charge in [-0.25, -0.2) is 17.5 Å². The van der Waals surface area contributed by atoms with Crippen molar-refractivity contribution in [1.29, 1.82) is 0 Å². The average molecular weight is 315 g/mol. The molecule has 1 aromatic rings. The lowest BCUT2D eigenvalue weighted by atomic mass is 10.0. The van der Waals surface area contributed by atoms with E-state index in [4.69, 9.17) is 4.74 Å². The zero-order valence-corrected chi connectivity index (χ0v) is 13.0. The summed E-state index contributed by atoms with van der Waals surface area (Å²) in [5.41, 5.74) is 0.788. The lowest BCUT2D eigenvalue weighted by Crippen LogP contribution is -2.38. The van der Waals surface area contributed by atoms with E-state index in [1.807, 2.05) is 0 Å². The fourth-order valence-corrected chi connectivity index (χ4v) is 4.38. The molecule has 0 amide bonds. The molecule has 0 spiro atoms. The molecule has 0 bridgehead atoms. The zero-order valence-electron chi connectivity index (χ0n) is 12.2. The van der Waals surface area contributed by atoms with Crippen molar-refractivity contribution in [2.45, 2.75) is 32.2 Å². The lowest BCUT2D eigenvalue weighted by molar-refractivity contribution is 0.0723. The Bertz CT molecular complexity index is 556. The highest BCUT2D eigenvalue weighted by atomic mass is 32.2. The number of hydrogen-bond acceptors (Lipinski definition) is 3. The number of ether oxygens (including phenoxy) is 1. The number of rotatable bonds is 6. The van der Waals surface area contributed by atoms with Gasteiger partial charge in [-0.05, 0) is 49.8 Å². The molecule has 2 rings (SSSR count). The lowest BCUT2D eigenvalue weighted by Gasteiger charge is -2.23. The predicted molar refractivity (Wildman–Crippen MR) is 80.0 cm³/mol. The van der Waals surface area contributed by atoms with E-state index >= 15 is 0 Å². The largest absolute Gasteiger partial charge is 0.381 e. The van der Waals surface area contributed by atoms with Crippen LogP contribution in [-0.4, -0.2) is 33.4 Å². The molecule has 1 N–H and O–H groups in total. The van der Waals surface area contributed by atoms with Crippen molar-refractivity contribution in [1.82, 2.24) is 4.72 Å². The molecule has 1 atom stereocenters. The minimum absolute atomic E-state index is 0.143. The highest BCUT2D eigenvalue weighted by Crippen LogP contribution is 2.16. The summed E-state index contributed by atoms with van der Waals surface area (Å²) in [4.78, 5) is 0. The summed E-state index contributed by atoms with van der Waals surface area (Å²) in [6.45, 7) is 3.07. The van der Waals surface area contributed by atoms with Gasteiger partial charge in [-0.1, -0.05) is 12.1 Å². The summed E-state index contributed by atoms with van der Waals surface area (Å²) in [6, 6.07) is 5.99. The first-order valence-electron chi connectivity index (χ1n) is 7.27. The van der Waals surface area contributed by atoms with Crippen LogP contribution in [0.4, 0.5) is 4.39 Å². The first kappa shape index (κ1) is 16.4. The van der Waals surface area contributed by atoms with Gasteiger partial charge in [-0.15, -0.1) is 0 Å². The third kappa shape index (κ3) is 5.73. The van der Waals surface area contributed by atoms with Crippen LogP contribution in [0.25, 0.3) is 0 Å². The quantitative estimate of drug-likeness (QED) is 0.875. The van der Waals surface area contributed by atoms with Crippen molar-refractivity contribution in [3.63, 3.8) is 0 Å². The maximum atomic E-state index is 13.1. The summed E-state index contributed by atoms with van der Waals surface area (Å²) < 4.78 is 45.3. The van der Waals surface area contributed by atoms with Crippen LogP contribution in [0.2, 0.25) is 0 Å². The van der Waals surface area contributed by atoms with Gasteiger partial charge in [-0.3, -0.25) is 0 Å². The fourth-order valence-electron chi connectivity index (χ4n) is 2.64. The standard InChI is InChI=1S/C15H22FNO3S/c1-12(9-14-3-2-4-15(16)10-14)17-21(18,19)11-13-5-7-20-8-6-13/h2-4,10,12-13,17H,5-9,11H2,1H3. The molecular formula is C15H22FNO3S. The second-order valence-corrected chi connectivity index (χ2v) is 7.49. The van der Waals surface area contributed by atoms with E-state index in [1.54, 1.807) is 19.1 Å². The van der Waals surface area contributed by atoms with Gasteiger partial charge in [0, 0.05) is 19.3 Å². The maximum absolute atomic E-state index is 13.1. The molecule has 1 aliphatic heterocycles. The Morgan fingerprint density at radius 3 is 2.76 bits per heavy atom. The van der Waals surface area contributed by atoms with E-state index in [9.17, 15) is 12.8 Å². The molecule has 0 aliphatic carbocycles. The summed E-state index contributed by atoms with van der Waals surface area (Å²) >= 11 is 0. The third-order valence-corrected chi connectivity index (χ3v) is 5.28. The first-order valence-corrected chi connectivity index (χ1v) is 8.92. The minimum atomic E-state index is -3.31. The van der Waals surface area contributed by atoms with Crippen LogP contribution in [0.15, 0.2) is 24.3 Å². The van der Waals surface area contributed by atoms with Crippen LogP contribution in [0, 0.1) is 11.7 Å². The van der Waals surface area contributed by atoms with Crippen molar-refractivity contribution in [2.75, 3.05) is 19.0 Å². The van der Waals surface area contributed by atoms with Gasteiger partial charge in [-0.2, -0.15) is 0 Å². The number of nitrogens with one attached hydrogen (secondary N) is 1. The molecule has 1 heterocycles. The molecule has 118 valence electrons. The van der Waals surface area contributed by atoms with Crippen LogP contribution < -0.4 is 4.72 Å². The van der Waals surface area contributed by atoms with Gasteiger partial charge in [0.2, 0.25) is 10.0 Å². The molecule has 21 heavy (non-hydrogen) atoms. The Labute approximate surface area is 125 Å². The van der Waals surface area contributed by atoms with Crippen LogP contribution in [0.3, 0.4) is 0 Å². The number of halogens is 1. The summed E-state index contributed by atoms with van der Waals surface area (Å²) in [7, 11) is -3.31. The molecule has 6 heteroatoms. The molecule has 1 aromatic carbocycles. The van der Waals surface area contributed by atoms with E-state index in [1.165, 1.54) is 12.1 Å². The molecule has 4 nitrogen and oxygen atoms in total. The summed E-state index contributed by atoms with van der Waals surface area (Å²) in [5, 5.41) is 0. The second kappa shape index (κ2) is 7.33. The van der Waals surface area contributed by atoms with Crippen molar-refractivity contribution in [2.24, 2.45) is 5.92 Å². The predicted octanol–water partition coefficient (Wildman–Crippen LogP) is 2.10. The first-order chi connectivity index (χ1) is 9.94.